The molecule has 0 aliphatic carbocycles. The summed E-state index contributed by atoms with van der Waals surface area (Å²) >= 11 is 0. The zero-order valence-corrected chi connectivity index (χ0v) is 20.3. The summed E-state index contributed by atoms with van der Waals surface area (Å²) in [6.45, 7) is 20.8. The minimum absolute atomic E-state index is 0.282. The van der Waals surface area contributed by atoms with Gasteiger partial charge in [0.15, 0.2) is 0 Å². The van der Waals surface area contributed by atoms with E-state index < -0.39 is 0 Å². The van der Waals surface area contributed by atoms with Crippen molar-refractivity contribution >= 4 is 0 Å². The van der Waals surface area contributed by atoms with Crippen LogP contribution in [0.1, 0.15) is 98.4 Å². The van der Waals surface area contributed by atoms with Crippen molar-refractivity contribution in [2.75, 3.05) is 0 Å². The Bertz CT molecular complexity index is 738. The van der Waals surface area contributed by atoms with Gasteiger partial charge in [0.1, 0.15) is 0 Å². The Morgan fingerprint density at radius 1 is 0.793 bits per heavy atom. The van der Waals surface area contributed by atoms with Crippen LogP contribution in [-0.4, -0.2) is 19.6 Å². The summed E-state index contributed by atoms with van der Waals surface area (Å²) in [5.74, 6) is 1.91. The van der Waals surface area contributed by atoms with E-state index in [9.17, 15) is 0 Å². The molecule has 2 rings (SSSR count). The minimum Gasteiger partial charge on any atom is -0.270 e. The molecular formula is C25H44N4. The van der Waals surface area contributed by atoms with Gasteiger partial charge in [-0.3, -0.25) is 9.36 Å². The summed E-state index contributed by atoms with van der Waals surface area (Å²) < 4.78 is 4.30. The van der Waals surface area contributed by atoms with E-state index >= 15 is 0 Å². The summed E-state index contributed by atoms with van der Waals surface area (Å²) in [4.78, 5) is 0. The largest absolute Gasteiger partial charge is 0.270 e. The smallest absolute Gasteiger partial charge is 0.0521 e. The first-order valence-corrected chi connectivity index (χ1v) is 11.5. The highest BCUT2D eigenvalue weighted by Gasteiger charge is 2.25. The fraction of sp³-hybridized carbons (Fsp3) is 0.760. The highest BCUT2D eigenvalue weighted by molar-refractivity contribution is 5.06. The van der Waals surface area contributed by atoms with Crippen molar-refractivity contribution in [3.8, 4) is 0 Å². The van der Waals surface area contributed by atoms with Gasteiger partial charge in [-0.2, -0.15) is 10.2 Å². The zero-order chi connectivity index (χ0) is 21.8. The quantitative estimate of drug-likeness (QED) is 0.418. The summed E-state index contributed by atoms with van der Waals surface area (Å²) in [5.41, 5.74) is 2.99. The van der Waals surface area contributed by atoms with Crippen molar-refractivity contribution in [2.24, 2.45) is 23.2 Å². The van der Waals surface area contributed by atoms with Crippen LogP contribution in [0.2, 0.25) is 0 Å². The van der Waals surface area contributed by atoms with Crippen molar-refractivity contribution < 1.29 is 0 Å². The molecule has 0 saturated heterocycles. The molecule has 0 spiro atoms. The Hall–Kier alpha value is -1.58. The Kier molecular flexibility index (Phi) is 8.13. The molecule has 3 atom stereocenters. The van der Waals surface area contributed by atoms with E-state index in [0.29, 0.717) is 29.8 Å². The van der Waals surface area contributed by atoms with Crippen molar-refractivity contribution in [3.63, 3.8) is 0 Å². The molecule has 0 radical (unpaired) electrons. The van der Waals surface area contributed by atoms with Crippen molar-refractivity contribution in [3.05, 3.63) is 35.9 Å². The lowest BCUT2D eigenvalue weighted by Crippen LogP contribution is -2.22. The molecule has 0 amide bonds. The molecule has 29 heavy (non-hydrogen) atoms. The third kappa shape index (κ3) is 7.31. The first kappa shape index (κ1) is 23.7. The predicted molar refractivity (Wildman–Crippen MR) is 123 cm³/mol. The lowest BCUT2D eigenvalue weighted by Gasteiger charge is -2.31. The molecular weight excluding hydrogens is 356 g/mol. The van der Waals surface area contributed by atoms with E-state index in [-0.39, 0.29) is 5.41 Å². The van der Waals surface area contributed by atoms with E-state index in [2.05, 4.69) is 100 Å². The monoisotopic (exact) mass is 400 g/mol. The van der Waals surface area contributed by atoms with Crippen LogP contribution in [0.15, 0.2) is 24.8 Å². The number of rotatable bonds is 11. The van der Waals surface area contributed by atoms with Gasteiger partial charge in [-0.25, -0.2) is 0 Å². The molecule has 164 valence electrons. The molecule has 0 saturated carbocycles. The maximum absolute atomic E-state index is 4.64. The lowest BCUT2D eigenvalue weighted by molar-refractivity contribution is 0.214. The topological polar surface area (TPSA) is 35.6 Å². The summed E-state index contributed by atoms with van der Waals surface area (Å²) in [6.07, 6.45) is 13.2. The summed E-state index contributed by atoms with van der Waals surface area (Å²) in [6, 6.07) is 0.874. The highest BCUT2D eigenvalue weighted by Crippen LogP contribution is 2.35. The van der Waals surface area contributed by atoms with Crippen LogP contribution in [0.4, 0.5) is 0 Å². The molecule has 0 N–H and O–H groups in total. The molecule has 2 aromatic heterocycles. The van der Waals surface area contributed by atoms with Crippen molar-refractivity contribution in [1.29, 1.82) is 0 Å². The number of hydrogen-bond donors (Lipinski definition) is 0. The normalized spacial score (nSPS) is 15.8. The van der Waals surface area contributed by atoms with E-state index in [4.69, 9.17) is 0 Å². The number of hydrogen-bond acceptors (Lipinski definition) is 2. The van der Waals surface area contributed by atoms with E-state index in [0.717, 1.165) is 19.3 Å². The van der Waals surface area contributed by atoms with E-state index in [1.54, 1.807) is 0 Å². The molecule has 4 heteroatoms. The predicted octanol–water partition coefficient (Wildman–Crippen LogP) is 6.74. The van der Waals surface area contributed by atoms with E-state index in [1.165, 1.54) is 17.5 Å². The fourth-order valence-electron chi connectivity index (χ4n) is 4.60. The van der Waals surface area contributed by atoms with E-state index in [1.807, 2.05) is 6.20 Å². The Labute approximate surface area is 179 Å². The van der Waals surface area contributed by atoms with Gasteiger partial charge in [0.2, 0.25) is 0 Å². The fourth-order valence-corrected chi connectivity index (χ4v) is 4.60. The molecule has 0 bridgehead atoms. The second-order valence-electron chi connectivity index (χ2n) is 11.0. The Balaban J connectivity index is 1.90. The van der Waals surface area contributed by atoms with Gasteiger partial charge in [0, 0.05) is 18.4 Å². The highest BCUT2D eigenvalue weighted by atomic mass is 15.3. The Morgan fingerprint density at radius 2 is 1.34 bits per heavy atom. The van der Waals surface area contributed by atoms with Gasteiger partial charge in [0.25, 0.3) is 0 Å². The second-order valence-corrected chi connectivity index (χ2v) is 11.0. The third-order valence-electron chi connectivity index (χ3n) is 6.12. The van der Waals surface area contributed by atoms with Crippen molar-refractivity contribution in [1.82, 2.24) is 19.6 Å². The van der Waals surface area contributed by atoms with Crippen LogP contribution >= 0.6 is 0 Å². The van der Waals surface area contributed by atoms with Crippen LogP contribution < -0.4 is 0 Å². The van der Waals surface area contributed by atoms with Gasteiger partial charge in [-0.15, -0.1) is 0 Å². The second kappa shape index (κ2) is 9.95. The van der Waals surface area contributed by atoms with Gasteiger partial charge < -0.3 is 0 Å². The van der Waals surface area contributed by atoms with Crippen LogP contribution in [-0.2, 0) is 12.8 Å². The first-order chi connectivity index (χ1) is 13.5. The number of nitrogens with zero attached hydrogens (tertiary/aromatic N) is 4. The van der Waals surface area contributed by atoms with Crippen LogP contribution in [0, 0.1) is 23.2 Å². The maximum Gasteiger partial charge on any atom is 0.0521 e. The van der Waals surface area contributed by atoms with Gasteiger partial charge in [0.05, 0.1) is 18.4 Å². The number of aromatic nitrogens is 4. The van der Waals surface area contributed by atoms with Gasteiger partial charge in [-0.05, 0) is 73.8 Å². The molecule has 4 nitrogen and oxygen atoms in total. The molecule has 0 aliphatic heterocycles. The van der Waals surface area contributed by atoms with Crippen molar-refractivity contribution in [2.45, 2.75) is 100 Å². The average molecular weight is 401 g/mol. The molecule has 0 fully saturated rings. The van der Waals surface area contributed by atoms with Gasteiger partial charge in [-0.1, -0.05) is 48.5 Å². The van der Waals surface area contributed by atoms with Gasteiger partial charge >= 0.3 is 0 Å². The molecule has 0 aromatic carbocycles. The van der Waals surface area contributed by atoms with Crippen LogP contribution in [0.3, 0.4) is 0 Å². The van der Waals surface area contributed by atoms with Crippen LogP contribution in [0.5, 0.6) is 0 Å². The SMILES string of the molecule is CC(C)Cc1cnn([C@H](C)CC(C)(C)CC(C)Cc2cnn([C@H](C)C(C)C)c2)c1. The minimum atomic E-state index is 0.282. The lowest BCUT2D eigenvalue weighted by atomic mass is 9.77. The summed E-state index contributed by atoms with van der Waals surface area (Å²) in [7, 11) is 0. The molecule has 2 heterocycles. The molecule has 1 unspecified atom stereocenters. The molecule has 2 aromatic rings. The molecule has 0 aliphatic rings. The zero-order valence-electron chi connectivity index (χ0n) is 20.3. The standard InChI is InChI=1S/C25H44N4/c1-18(2)10-23-14-26-28(16-23)21(6)13-25(8,9)12-20(5)11-24-15-27-29(17-24)22(7)19(3)4/h14-22H,10-13H2,1-9H3/t20?,21-,22-/m1/s1. The maximum atomic E-state index is 4.64. The Morgan fingerprint density at radius 3 is 1.93 bits per heavy atom. The first-order valence-electron chi connectivity index (χ1n) is 11.5. The summed E-state index contributed by atoms with van der Waals surface area (Å²) in [5, 5.41) is 9.24. The third-order valence-corrected chi connectivity index (χ3v) is 6.12. The van der Waals surface area contributed by atoms with Crippen LogP contribution in [0.25, 0.3) is 0 Å². The average Bonchev–Trinajstić information content (AvgIpc) is 3.21.